The van der Waals surface area contributed by atoms with Crippen LogP contribution in [0.4, 0.5) is 0 Å². The van der Waals surface area contributed by atoms with Crippen molar-refractivity contribution in [2.75, 3.05) is 0 Å². The summed E-state index contributed by atoms with van der Waals surface area (Å²) in [5, 5.41) is 8.79. The van der Waals surface area contributed by atoms with E-state index in [2.05, 4.69) is 74.6 Å². The molecular weight excluding hydrogens is 496 g/mol. The topological polar surface area (TPSA) is 63.6 Å². The quantitative estimate of drug-likeness (QED) is 0.0591. The normalized spacial score (nSPS) is 13.1. The minimum Gasteiger partial charge on any atom is -0.481 e. The fourth-order valence-electron chi connectivity index (χ4n) is 4.32. The molecule has 0 rings (SSSR count). The van der Waals surface area contributed by atoms with Crippen LogP contribution < -0.4 is 0 Å². The smallest absolute Gasteiger partial charge is 0.306 e. The van der Waals surface area contributed by atoms with Crippen LogP contribution in [0.1, 0.15) is 149 Å². The second-order valence-corrected chi connectivity index (χ2v) is 10.6. The molecule has 0 spiro atoms. The third kappa shape index (κ3) is 30.2. The zero-order chi connectivity index (χ0) is 29.4. The first-order valence-electron chi connectivity index (χ1n) is 16.3. The molecule has 40 heavy (non-hydrogen) atoms. The van der Waals surface area contributed by atoms with Gasteiger partial charge in [0.15, 0.2) is 0 Å². The van der Waals surface area contributed by atoms with Crippen LogP contribution in [0.5, 0.6) is 0 Å². The number of carbonyl (C=O) groups excluding carboxylic acids is 1. The lowest BCUT2D eigenvalue weighted by atomic mass is 10.1. The molecule has 0 fully saturated rings. The Labute approximate surface area is 246 Å². The van der Waals surface area contributed by atoms with E-state index in [1.807, 2.05) is 0 Å². The van der Waals surface area contributed by atoms with E-state index in [1.165, 1.54) is 38.5 Å². The summed E-state index contributed by atoms with van der Waals surface area (Å²) in [6.45, 7) is 4.39. The van der Waals surface area contributed by atoms with Crippen LogP contribution in [-0.4, -0.2) is 23.1 Å². The highest BCUT2D eigenvalue weighted by molar-refractivity contribution is 5.69. The van der Waals surface area contributed by atoms with E-state index < -0.39 is 5.97 Å². The number of esters is 1. The Bertz CT molecular complexity index is 729. The van der Waals surface area contributed by atoms with Gasteiger partial charge in [0.1, 0.15) is 6.10 Å². The second kappa shape index (κ2) is 31.2. The maximum Gasteiger partial charge on any atom is 0.306 e. The molecule has 1 unspecified atom stereocenters. The Balaban J connectivity index is 4.18. The second-order valence-electron chi connectivity index (χ2n) is 10.6. The van der Waals surface area contributed by atoms with Gasteiger partial charge >= 0.3 is 11.9 Å². The molecule has 0 radical (unpaired) electrons. The minimum atomic E-state index is -0.730. The highest BCUT2D eigenvalue weighted by Gasteiger charge is 2.11. The van der Waals surface area contributed by atoms with E-state index in [9.17, 15) is 9.59 Å². The van der Waals surface area contributed by atoms with Crippen LogP contribution in [0.3, 0.4) is 0 Å². The van der Waals surface area contributed by atoms with Gasteiger partial charge in [0.05, 0.1) is 0 Å². The zero-order valence-corrected chi connectivity index (χ0v) is 25.9. The zero-order valence-electron chi connectivity index (χ0n) is 25.9. The van der Waals surface area contributed by atoms with Crippen LogP contribution in [0.2, 0.25) is 0 Å². The summed E-state index contributed by atoms with van der Waals surface area (Å²) < 4.78 is 5.82. The van der Waals surface area contributed by atoms with E-state index in [0.29, 0.717) is 12.8 Å². The Morgan fingerprint density at radius 2 is 1.12 bits per heavy atom. The monoisotopic (exact) mass is 556 g/mol. The molecule has 4 heteroatoms. The predicted octanol–water partition coefficient (Wildman–Crippen LogP) is 11.0. The minimum absolute atomic E-state index is 0.106. The summed E-state index contributed by atoms with van der Waals surface area (Å²) in [4.78, 5) is 23.2. The molecule has 1 N–H and O–H groups in total. The molecule has 0 heterocycles. The van der Waals surface area contributed by atoms with E-state index in [4.69, 9.17) is 9.84 Å². The first-order valence-corrected chi connectivity index (χ1v) is 16.3. The van der Waals surface area contributed by atoms with Crippen molar-refractivity contribution in [3.05, 3.63) is 60.8 Å². The van der Waals surface area contributed by atoms with Gasteiger partial charge in [-0.3, -0.25) is 9.59 Å². The van der Waals surface area contributed by atoms with Gasteiger partial charge in [0.25, 0.3) is 0 Å². The van der Waals surface area contributed by atoms with Gasteiger partial charge in [-0.2, -0.15) is 0 Å². The first-order chi connectivity index (χ1) is 19.6. The average molecular weight is 557 g/mol. The number of ether oxygens (including phenoxy) is 1. The number of carboxylic acids is 1. The van der Waals surface area contributed by atoms with Gasteiger partial charge in [-0.15, -0.1) is 0 Å². The van der Waals surface area contributed by atoms with Gasteiger partial charge in [-0.1, -0.05) is 113 Å². The van der Waals surface area contributed by atoms with E-state index in [0.717, 1.165) is 77.0 Å². The van der Waals surface area contributed by atoms with E-state index in [-0.39, 0.29) is 18.5 Å². The van der Waals surface area contributed by atoms with Crippen molar-refractivity contribution in [1.82, 2.24) is 0 Å². The highest BCUT2D eigenvalue weighted by Crippen LogP contribution is 2.14. The standard InChI is InChI=1S/C36H60O4/c1-3-5-7-9-11-13-14-15-16-17-18-19-21-23-29-33-36(39)40-34(31-27-24-25-28-32-35(37)38)30-26-22-20-12-10-8-6-4-2/h5,7,11,13,15-16,18-19,26,30,34H,3-4,6,8-10,12,14,17,20-25,27-29,31-33H2,1-2H3,(H,37,38)/b7-5-,13-11-,16-15-,19-18-,30-26-. The molecule has 0 aliphatic heterocycles. The summed E-state index contributed by atoms with van der Waals surface area (Å²) in [5.74, 6) is -0.836. The molecule has 0 amide bonds. The van der Waals surface area contributed by atoms with Crippen molar-refractivity contribution >= 4 is 11.9 Å². The molecule has 228 valence electrons. The Hall–Kier alpha value is -2.36. The fourth-order valence-corrected chi connectivity index (χ4v) is 4.32. The van der Waals surface area contributed by atoms with Gasteiger partial charge in [-0.25, -0.2) is 0 Å². The number of aliphatic carboxylic acids is 1. The van der Waals surface area contributed by atoms with Crippen molar-refractivity contribution in [3.8, 4) is 0 Å². The molecule has 4 nitrogen and oxygen atoms in total. The van der Waals surface area contributed by atoms with Crippen molar-refractivity contribution in [2.24, 2.45) is 0 Å². The molecule has 0 saturated carbocycles. The third-order valence-electron chi connectivity index (χ3n) is 6.71. The van der Waals surface area contributed by atoms with Crippen molar-refractivity contribution < 1.29 is 19.4 Å². The summed E-state index contributed by atoms with van der Waals surface area (Å²) >= 11 is 0. The van der Waals surface area contributed by atoms with Gasteiger partial charge in [0.2, 0.25) is 0 Å². The largest absolute Gasteiger partial charge is 0.481 e. The number of rotatable bonds is 28. The molecule has 0 aromatic rings. The molecule has 0 bridgehead atoms. The van der Waals surface area contributed by atoms with Crippen LogP contribution in [0.25, 0.3) is 0 Å². The lowest BCUT2D eigenvalue weighted by molar-refractivity contribution is -0.147. The highest BCUT2D eigenvalue weighted by atomic mass is 16.5. The van der Waals surface area contributed by atoms with Crippen molar-refractivity contribution in [1.29, 1.82) is 0 Å². The molecule has 0 aromatic heterocycles. The number of carbonyl (C=O) groups is 2. The Morgan fingerprint density at radius 1 is 0.600 bits per heavy atom. The summed E-state index contributed by atoms with van der Waals surface area (Å²) in [6, 6.07) is 0. The lowest BCUT2D eigenvalue weighted by Crippen LogP contribution is -2.16. The predicted molar refractivity (Wildman–Crippen MR) is 172 cm³/mol. The van der Waals surface area contributed by atoms with Gasteiger partial charge < -0.3 is 9.84 Å². The molecule has 0 aliphatic carbocycles. The average Bonchev–Trinajstić information content (AvgIpc) is 2.93. The Morgan fingerprint density at radius 3 is 1.80 bits per heavy atom. The number of unbranched alkanes of at least 4 members (excludes halogenated alkanes) is 11. The fraction of sp³-hybridized carbons (Fsp3) is 0.667. The van der Waals surface area contributed by atoms with Crippen LogP contribution in [0.15, 0.2) is 60.8 Å². The molecule has 1 atom stereocenters. The first kappa shape index (κ1) is 37.6. The van der Waals surface area contributed by atoms with Crippen LogP contribution in [0, 0.1) is 0 Å². The van der Waals surface area contributed by atoms with Crippen molar-refractivity contribution in [2.45, 2.75) is 155 Å². The lowest BCUT2D eigenvalue weighted by Gasteiger charge is -2.14. The van der Waals surface area contributed by atoms with Gasteiger partial charge in [-0.05, 0) is 83.1 Å². The number of carboxylic acid groups (broad SMARTS) is 1. The SMILES string of the molecule is CC/C=C\C/C=C\C/C=C\C/C=C\CCCCC(=O)OC(/C=C\CCCCCCCC)CCCCCCC(=O)O. The van der Waals surface area contributed by atoms with Crippen LogP contribution in [-0.2, 0) is 14.3 Å². The number of allylic oxidation sites excluding steroid dienone is 9. The molecule has 0 aromatic carbocycles. The van der Waals surface area contributed by atoms with E-state index >= 15 is 0 Å². The van der Waals surface area contributed by atoms with E-state index in [1.54, 1.807) is 0 Å². The number of hydrogen-bond donors (Lipinski definition) is 1. The summed E-state index contributed by atoms with van der Waals surface area (Å²) in [5.41, 5.74) is 0. The number of hydrogen-bond acceptors (Lipinski definition) is 3. The maximum absolute atomic E-state index is 12.5. The molecular formula is C36H60O4. The summed E-state index contributed by atoms with van der Waals surface area (Å²) in [6.07, 6.45) is 42.4. The maximum atomic E-state index is 12.5. The Kier molecular flexibility index (Phi) is 29.3. The van der Waals surface area contributed by atoms with Crippen LogP contribution >= 0.6 is 0 Å². The van der Waals surface area contributed by atoms with Gasteiger partial charge in [0, 0.05) is 12.8 Å². The molecule has 0 saturated heterocycles. The summed E-state index contributed by atoms with van der Waals surface area (Å²) in [7, 11) is 0. The third-order valence-corrected chi connectivity index (χ3v) is 6.71. The van der Waals surface area contributed by atoms with Crippen molar-refractivity contribution in [3.63, 3.8) is 0 Å². The molecule has 0 aliphatic rings.